The molecule has 3 heterocycles. The Morgan fingerprint density at radius 2 is 1.77 bits per heavy atom. The van der Waals surface area contributed by atoms with Gasteiger partial charge < -0.3 is 19.6 Å². The molecule has 1 N–H and O–H groups in total. The number of anilines is 1. The molecule has 0 saturated heterocycles. The van der Waals surface area contributed by atoms with Crippen molar-refractivity contribution >= 4 is 23.5 Å². The van der Waals surface area contributed by atoms with Crippen LogP contribution >= 0.6 is 0 Å². The summed E-state index contributed by atoms with van der Waals surface area (Å²) in [7, 11) is 1.64. The van der Waals surface area contributed by atoms with E-state index in [4.69, 9.17) is 4.74 Å². The van der Waals surface area contributed by atoms with Crippen molar-refractivity contribution in [3.8, 4) is 11.4 Å². The summed E-state index contributed by atoms with van der Waals surface area (Å²) < 4.78 is 13.0. The van der Waals surface area contributed by atoms with Crippen molar-refractivity contribution in [1.82, 2.24) is 19.1 Å². The van der Waals surface area contributed by atoms with Gasteiger partial charge in [0.25, 0.3) is 0 Å². The average molecular weight is 540 g/mol. The summed E-state index contributed by atoms with van der Waals surface area (Å²) in [6.45, 7) is 7.16. The molecule has 3 aromatic heterocycles. The molecule has 0 atom stereocenters. The predicted molar refractivity (Wildman–Crippen MR) is 148 cm³/mol. The summed E-state index contributed by atoms with van der Waals surface area (Å²) >= 11 is 0. The van der Waals surface area contributed by atoms with Crippen LogP contribution in [0.3, 0.4) is 0 Å². The minimum absolute atomic E-state index is 0. The zero-order chi connectivity index (χ0) is 27.1. The normalized spacial score (nSPS) is 13.2. The molecule has 0 unspecified atom stereocenters. The van der Waals surface area contributed by atoms with Crippen LogP contribution in [0.15, 0.2) is 65.7 Å². The van der Waals surface area contributed by atoms with Crippen LogP contribution in [0.5, 0.6) is 5.75 Å². The standard InChI is InChI=1S/C24H25N5O2.C5H9O2.Na/c1-31-20-11-8-17(9-12-20)16-28-23-21(7-4-14-25-23)29(24(28)30)19-10-13-22(26-15-19)27-18-5-2-3-6-18;1-5(2,3)7-4-6;/h4,7-15,18H,2-3,5-6,16H2,1H3,(H,26,27);1-3H3;/q;-1;+1. The minimum atomic E-state index is -0.373. The number of fused-ring (bicyclic) bond motifs is 1. The minimum Gasteiger partial charge on any atom is -0.649 e. The maximum absolute atomic E-state index is 13.4. The van der Waals surface area contributed by atoms with E-state index in [0.717, 1.165) is 28.3 Å². The zero-order valence-electron chi connectivity index (χ0n) is 23.3. The van der Waals surface area contributed by atoms with Gasteiger partial charge in [-0.05, 0) is 75.6 Å². The van der Waals surface area contributed by atoms with Gasteiger partial charge in [0.2, 0.25) is 0 Å². The van der Waals surface area contributed by atoms with Crippen LogP contribution in [0.1, 0.15) is 52.0 Å². The molecule has 1 saturated carbocycles. The van der Waals surface area contributed by atoms with Crippen LogP contribution in [0, 0.1) is 0 Å². The summed E-state index contributed by atoms with van der Waals surface area (Å²) in [6, 6.07) is 15.9. The van der Waals surface area contributed by atoms with Crippen LogP contribution in [0.25, 0.3) is 16.9 Å². The summed E-state index contributed by atoms with van der Waals surface area (Å²) in [5, 5.41) is 3.49. The Balaban J connectivity index is 0.000000468. The topological polar surface area (TPSA) is 100 Å². The van der Waals surface area contributed by atoms with Gasteiger partial charge in [-0.15, -0.1) is 0 Å². The molecule has 4 aromatic rings. The van der Waals surface area contributed by atoms with Crippen LogP contribution in [0.4, 0.5) is 5.82 Å². The fraction of sp³-hybridized carbons (Fsp3) is 0.379. The third kappa shape index (κ3) is 7.94. The van der Waals surface area contributed by atoms with Crippen molar-refractivity contribution in [2.24, 2.45) is 0 Å². The van der Waals surface area contributed by atoms with Gasteiger partial charge in [-0.25, -0.2) is 14.8 Å². The van der Waals surface area contributed by atoms with Crippen LogP contribution in [0.2, 0.25) is 0 Å². The number of nitrogens with one attached hydrogen (secondary N) is 1. The van der Waals surface area contributed by atoms with Gasteiger partial charge in [0.15, 0.2) is 5.65 Å². The predicted octanol–water partition coefficient (Wildman–Crippen LogP) is 1.87. The molecule has 0 radical (unpaired) electrons. The number of aromatic nitrogens is 4. The third-order valence-corrected chi connectivity index (χ3v) is 6.25. The largest absolute Gasteiger partial charge is 1.00 e. The fourth-order valence-electron chi connectivity index (χ4n) is 4.40. The Labute approximate surface area is 250 Å². The Hall–Kier alpha value is -3.14. The zero-order valence-corrected chi connectivity index (χ0v) is 25.3. The first-order valence-electron chi connectivity index (χ1n) is 12.8. The first kappa shape index (κ1) is 30.4. The number of methoxy groups -OCH3 is 1. The molecule has 200 valence electrons. The number of benzene rings is 1. The van der Waals surface area contributed by atoms with Crippen molar-refractivity contribution in [2.45, 2.75) is 64.6 Å². The Bertz CT molecular complexity index is 1400. The first-order chi connectivity index (χ1) is 18.3. The van der Waals surface area contributed by atoms with Gasteiger partial charge in [0.05, 0.1) is 36.7 Å². The molecule has 5 rings (SSSR count). The number of ether oxygens (including phenoxy) is 2. The first-order valence-corrected chi connectivity index (χ1v) is 12.8. The van der Waals surface area contributed by atoms with Crippen molar-refractivity contribution in [2.75, 3.05) is 12.4 Å². The maximum atomic E-state index is 13.4. The summed E-state index contributed by atoms with van der Waals surface area (Å²) in [5.41, 5.74) is 2.63. The van der Waals surface area contributed by atoms with E-state index < -0.39 is 0 Å². The molecule has 0 bridgehead atoms. The molecule has 9 nitrogen and oxygen atoms in total. The molecule has 0 amide bonds. The quantitative estimate of drug-likeness (QED) is 0.283. The number of pyridine rings is 2. The van der Waals surface area contributed by atoms with Crippen LogP contribution < -0.4 is 45.3 Å². The van der Waals surface area contributed by atoms with Gasteiger partial charge in [-0.3, -0.25) is 9.13 Å². The molecule has 1 aromatic carbocycles. The van der Waals surface area contributed by atoms with Crippen LogP contribution in [-0.4, -0.2) is 44.3 Å². The smallest absolute Gasteiger partial charge is 0.649 e. The second-order valence-corrected chi connectivity index (χ2v) is 10.2. The molecule has 1 aliphatic rings. The SMILES string of the molecule is CC(C)(C)O[C-]=O.COc1ccc(Cn2c(=O)n(-c3ccc(NC4CCCC4)nc3)c3cccnc32)cc1.[Na+]. The van der Waals surface area contributed by atoms with Gasteiger partial charge >= 0.3 is 35.2 Å². The van der Waals surface area contributed by atoms with Crippen molar-refractivity contribution in [1.29, 1.82) is 0 Å². The molecule has 10 heteroatoms. The molecule has 0 aliphatic heterocycles. The Kier molecular flexibility index (Phi) is 10.7. The van der Waals surface area contributed by atoms with Gasteiger partial charge in [-0.2, -0.15) is 0 Å². The van der Waals surface area contributed by atoms with Crippen LogP contribution in [-0.2, 0) is 16.1 Å². The van der Waals surface area contributed by atoms with Gasteiger partial charge in [0.1, 0.15) is 11.6 Å². The maximum Gasteiger partial charge on any atom is 1.00 e. The van der Waals surface area contributed by atoms with E-state index in [1.807, 2.05) is 48.5 Å². The van der Waals surface area contributed by atoms with E-state index in [-0.39, 0.29) is 40.8 Å². The van der Waals surface area contributed by atoms with E-state index in [1.165, 1.54) is 32.2 Å². The molecule has 1 aliphatic carbocycles. The molecular weight excluding hydrogens is 505 g/mol. The van der Waals surface area contributed by atoms with E-state index in [1.54, 1.807) is 49.4 Å². The fourth-order valence-corrected chi connectivity index (χ4v) is 4.40. The van der Waals surface area contributed by atoms with Crippen molar-refractivity contribution < 1.29 is 43.8 Å². The second kappa shape index (κ2) is 13.8. The Morgan fingerprint density at radius 1 is 1.05 bits per heavy atom. The van der Waals surface area contributed by atoms with Crippen molar-refractivity contribution in [3.63, 3.8) is 0 Å². The molecule has 39 heavy (non-hydrogen) atoms. The summed E-state index contributed by atoms with van der Waals surface area (Å²) in [4.78, 5) is 31.9. The Morgan fingerprint density at radius 3 is 2.33 bits per heavy atom. The molecule has 0 spiro atoms. The van der Waals surface area contributed by atoms with E-state index in [2.05, 4.69) is 20.0 Å². The third-order valence-electron chi connectivity index (χ3n) is 6.25. The van der Waals surface area contributed by atoms with E-state index in [0.29, 0.717) is 18.2 Å². The number of nitrogens with zero attached hydrogens (tertiary/aromatic N) is 4. The average Bonchev–Trinajstić information content (AvgIpc) is 3.51. The molecule has 1 fully saturated rings. The van der Waals surface area contributed by atoms with E-state index >= 15 is 0 Å². The second-order valence-electron chi connectivity index (χ2n) is 10.2. The van der Waals surface area contributed by atoms with Gasteiger partial charge in [0, 0.05) is 12.2 Å². The number of rotatable bonds is 7. The number of hydrogen-bond donors (Lipinski definition) is 1. The van der Waals surface area contributed by atoms with E-state index in [9.17, 15) is 9.59 Å². The van der Waals surface area contributed by atoms with Crippen molar-refractivity contribution in [3.05, 3.63) is 77.0 Å². The number of hydrogen-bond acceptors (Lipinski definition) is 7. The summed E-state index contributed by atoms with van der Waals surface area (Å²) in [6.07, 6.45) is 8.38. The monoisotopic (exact) mass is 539 g/mol. The van der Waals surface area contributed by atoms with Gasteiger partial charge in [-0.1, -0.05) is 31.4 Å². The molecular formula is C29H34N5NaO4. The number of imidazole rings is 1. The summed E-state index contributed by atoms with van der Waals surface area (Å²) in [5.74, 6) is 1.64. The number of carbonyl (C=O) groups excluding carboxylic acids is 1.